The zero-order valence-electron chi connectivity index (χ0n) is 17.9. The van der Waals surface area contributed by atoms with Crippen LogP contribution in [0.4, 0.5) is 11.6 Å². The Labute approximate surface area is 186 Å². The van der Waals surface area contributed by atoms with Gasteiger partial charge in [0.2, 0.25) is 0 Å². The number of nitrogens with one attached hydrogen (secondary N) is 1. The van der Waals surface area contributed by atoms with Gasteiger partial charge >= 0.3 is 0 Å². The number of hydrogen-bond donors (Lipinski definition) is 1. The van der Waals surface area contributed by atoms with E-state index in [1.807, 2.05) is 30.3 Å². The van der Waals surface area contributed by atoms with Gasteiger partial charge in [-0.15, -0.1) is 0 Å². The fourth-order valence-electron chi connectivity index (χ4n) is 3.89. The predicted molar refractivity (Wildman–Crippen MR) is 127 cm³/mol. The maximum atomic E-state index is 12.9. The second kappa shape index (κ2) is 8.72. The second-order valence-electron chi connectivity index (χ2n) is 8.01. The molecule has 5 rings (SSSR count). The van der Waals surface area contributed by atoms with Crippen LogP contribution >= 0.6 is 0 Å². The molecule has 1 amide bonds. The first kappa shape index (κ1) is 20.1. The highest BCUT2D eigenvalue weighted by Gasteiger charge is 2.17. The van der Waals surface area contributed by atoms with E-state index >= 15 is 0 Å². The Morgan fingerprint density at radius 1 is 0.844 bits per heavy atom. The molecular formula is C25H24N6O. The number of benzene rings is 1. The van der Waals surface area contributed by atoms with Gasteiger partial charge in [-0.3, -0.25) is 9.78 Å². The summed E-state index contributed by atoms with van der Waals surface area (Å²) in [5, 5.41) is 4.96. The van der Waals surface area contributed by atoms with E-state index in [0.29, 0.717) is 11.4 Å². The van der Waals surface area contributed by atoms with Crippen LogP contribution in [0.15, 0.2) is 73.3 Å². The average Bonchev–Trinajstić information content (AvgIpc) is 2.84. The number of hydrogen-bond acceptors (Lipinski definition) is 6. The fourth-order valence-corrected chi connectivity index (χ4v) is 3.89. The highest BCUT2D eigenvalue weighted by Crippen LogP contribution is 2.25. The molecule has 0 atom stereocenters. The predicted octanol–water partition coefficient (Wildman–Crippen LogP) is 3.70. The summed E-state index contributed by atoms with van der Waals surface area (Å²) in [5.41, 5.74) is 2.76. The van der Waals surface area contributed by atoms with Crippen LogP contribution in [0.25, 0.3) is 21.9 Å². The van der Waals surface area contributed by atoms with E-state index in [9.17, 15) is 4.79 Å². The van der Waals surface area contributed by atoms with Gasteiger partial charge in [0.15, 0.2) is 0 Å². The van der Waals surface area contributed by atoms with Crippen molar-refractivity contribution in [1.82, 2.24) is 19.9 Å². The summed E-state index contributed by atoms with van der Waals surface area (Å²) in [4.78, 5) is 30.4. The molecule has 160 valence electrons. The van der Waals surface area contributed by atoms with E-state index in [-0.39, 0.29) is 5.91 Å². The summed E-state index contributed by atoms with van der Waals surface area (Å²) >= 11 is 0. The lowest BCUT2D eigenvalue weighted by atomic mass is 10.0. The maximum Gasteiger partial charge on any atom is 0.257 e. The molecule has 1 aliphatic rings. The molecule has 32 heavy (non-hydrogen) atoms. The summed E-state index contributed by atoms with van der Waals surface area (Å²) in [7, 11) is 2.12. The van der Waals surface area contributed by atoms with Gasteiger partial charge in [0.25, 0.3) is 5.91 Å². The van der Waals surface area contributed by atoms with Gasteiger partial charge < -0.3 is 15.1 Å². The zero-order valence-corrected chi connectivity index (χ0v) is 17.9. The lowest BCUT2D eigenvalue weighted by molar-refractivity contribution is 0.102. The molecule has 0 spiro atoms. The van der Waals surface area contributed by atoms with Crippen LogP contribution in [0.1, 0.15) is 10.4 Å². The number of likely N-dealkylation sites (N-methyl/N-ethyl adjacent to an activating group) is 1. The van der Waals surface area contributed by atoms with Crippen molar-refractivity contribution in [3.05, 3.63) is 78.9 Å². The van der Waals surface area contributed by atoms with Crippen LogP contribution in [0.3, 0.4) is 0 Å². The summed E-state index contributed by atoms with van der Waals surface area (Å²) < 4.78 is 0. The Bertz CT molecular complexity index is 1250. The quantitative estimate of drug-likeness (QED) is 0.539. The normalized spacial score (nSPS) is 14.5. The topological polar surface area (TPSA) is 74.2 Å². The SMILES string of the molecule is CN1CCN(c2cc(C(=O)Nc3cc4cc(-c5ccncc5)ccc4cn3)ccn2)CC1. The Balaban J connectivity index is 1.36. The monoisotopic (exact) mass is 424 g/mol. The number of aromatic nitrogens is 3. The van der Waals surface area contributed by atoms with E-state index in [1.54, 1.807) is 30.9 Å². The number of rotatable bonds is 4. The molecule has 0 radical (unpaired) electrons. The van der Waals surface area contributed by atoms with Crippen molar-refractivity contribution in [2.75, 3.05) is 43.4 Å². The van der Waals surface area contributed by atoms with Crippen molar-refractivity contribution < 1.29 is 4.79 Å². The number of anilines is 2. The third-order valence-electron chi connectivity index (χ3n) is 5.81. The fraction of sp³-hybridized carbons (Fsp3) is 0.200. The Kier molecular flexibility index (Phi) is 5.47. The highest BCUT2D eigenvalue weighted by molar-refractivity contribution is 6.05. The lowest BCUT2D eigenvalue weighted by Crippen LogP contribution is -2.44. The molecule has 3 aromatic heterocycles. The van der Waals surface area contributed by atoms with Crippen LogP contribution < -0.4 is 10.2 Å². The van der Waals surface area contributed by atoms with Crippen molar-refractivity contribution >= 4 is 28.3 Å². The molecule has 4 heterocycles. The first-order valence-corrected chi connectivity index (χ1v) is 10.7. The van der Waals surface area contributed by atoms with Gasteiger partial charge in [-0.05, 0) is 60.0 Å². The van der Waals surface area contributed by atoms with Crippen molar-refractivity contribution in [3.63, 3.8) is 0 Å². The van der Waals surface area contributed by atoms with Crippen molar-refractivity contribution in [1.29, 1.82) is 0 Å². The van der Waals surface area contributed by atoms with E-state index in [2.05, 4.69) is 49.2 Å². The van der Waals surface area contributed by atoms with Crippen LogP contribution in [-0.4, -0.2) is 59.0 Å². The van der Waals surface area contributed by atoms with E-state index in [4.69, 9.17) is 0 Å². The molecule has 1 aromatic carbocycles. The maximum absolute atomic E-state index is 12.9. The van der Waals surface area contributed by atoms with E-state index in [0.717, 1.165) is 53.9 Å². The van der Waals surface area contributed by atoms with Gasteiger partial charge in [0, 0.05) is 61.9 Å². The standard InChI is InChI=1S/C25H24N6O/c1-30-10-12-31(13-11-30)24-16-20(6-9-27-24)25(32)29-23-15-22-14-19(2-3-21(22)17-28-23)18-4-7-26-8-5-18/h2-9,14-17H,10-13H2,1H3,(H,28,29,32). The minimum Gasteiger partial charge on any atom is -0.354 e. The molecule has 7 heteroatoms. The van der Waals surface area contributed by atoms with Crippen molar-refractivity contribution in [2.24, 2.45) is 0 Å². The van der Waals surface area contributed by atoms with E-state index in [1.165, 1.54) is 0 Å². The number of piperazine rings is 1. The minimum absolute atomic E-state index is 0.195. The van der Waals surface area contributed by atoms with Gasteiger partial charge in [-0.1, -0.05) is 12.1 Å². The summed E-state index contributed by atoms with van der Waals surface area (Å²) in [5.74, 6) is 1.16. The number of nitrogens with zero attached hydrogens (tertiary/aromatic N) is 5. The van der Waals surface area contributed by atoms with Crippen molar-refractivity contribution in [3.8, 4) is 11.1 Å². The van der Waals surface area contributed by atoms with Gasteiger partial charge in [-0.2, -0.15) is 0 Å². The van der Waals surface area contributed by atoms with Crippen LogP contribution in [0.2, 0.25) is 0 Å². The number of amides is 1. The first-order chi connectivity index (χ1) is 15.7. The molecule has 0 saturated carbocycles. The van der Waals surface area contributed by atoms with Gasteiger partial charge in [-0.25, -0.2) is 9.97 Å². The number of carbonyl (C=O) groups excluding carboxylic acids is 1. The third-order valence-corrected chi connectivity index (χ3v) is 5.81. The van der Waals surface area contributed by atoms with Crippen LogP contribution in [0, 0.1) is 0 Å². The summed E-state index contributed by atoms with van der Waals surface area (Å²) in [6.45, 7) is 3.78. The molecule has 7 nitrogen and oxygen atoms in total. The van der Waals surface area contributed by atoms with Crippen LogP contribution in [-0.2, 0) is 0 Å². The Morgan fingerprint density at radius 3 is 2.47 bits per heavy atom. The summed E-state index contributed by atoms with van der Waals surface area (Å²) in [6, 6.07) is 15.6. The molecule has 4 aromatic rings. The molecule has 1 aliphatic heterocycles. The molecule has 0 unspecified atom stereocenters. The molecule has 0 aliphatic carbocycles. The van der Waals surface area contributed by atoms with Crippen LogP contribution in [0.5, 0.6) is 0 Å². The smallest absolute Gasteiger partial charge is 0.257 e. The van der Waals surface area contributed by atoms with Gasteiger partial charge in [0.05, 0.1) is 0 Å². The number of pyridine rings is 3. The molecule has 1 fully saturated rings. The molecule has 1 N–H and O–H groups in total. The highest BCUT2D eigenvalue weighted by atomic mass is 16.1. The largest absolute Gasteiger partial charge is 0.354 e. The Hall–Kier alpha value is -3.84. The Morgan fingerprint density at radius 2 is 1.66 bits per heavy atom. The minimum atomic E-state index is -0.195. The lowest BCUT2D eigenvalue weighted by Gasteiger charge is -2.33. The average molecular weight is 425 g/mol. The third kappa shape index (κ3) is 4.29. The number of fused-ring (bicyclic) bond motifs is 1. The summed E-state index contributed by atoms with van der Waals surface area (Å²) in [6.07, 6.45) is 7.03. The molecule has 1 saturated heterocycles. The van der Waals surface area contributed by atoms with E-state index < -0.39 is 0 Å². The molecule has 0 bridgehead atoms. The second-order valence-corrected chi connectivity index (χ2v) is 8.01. The number of carbonyl (C=O) groups is 1. The van der Waals surface area contributed by atoms with Gasteiger partial charge in [0.1, 0.15) is 11.6 Å². The first-order valence-electron chi connectivity index (χ1n) is 10.7. The molecular weight excluding hydrogens is 400 g/mol. The van der Waals surface area contributed by atoms with Crippen molar-refractivity contribution in [2.45, 2.75) is 0 Å². The zero-order chi connectivity index (χ0) is 21.9.